The predicted molar refractivity (Wildman–Crippen MR) is 61.1 cm³/mol. The van der Waals surface area contributed by atoms with Crippen LogP contribution in [0.15, 0.2) is 35.9 Å². The third kappa shape index (κ3) is 2.31. The molecule has 1 aliphatic heterocycles. The monoisotopic (exact) mass is 218 g/mol. The standard InChI is InChI=1S/C13H14O3/c14-13(15)12(10-4-2-1-3-5-10)11-6-8-16-9-7-11/h1-5H,6-9H2,(H,14,15). The largest absolute Gasteiger partial charge is 0.478 e. The molecule has 0 saturated carbocycles. The van der Waals surface area contributed by atoms with E-state index < -0.39 is 5.97 Å². The van der Waals surface area contributed by atoms with E-state index in [1.807, 2.05) is 30.3 Å². The van der Waals surface area contributed by atoms with Crippen LogP contribution in [0.25, 0.3) is 5.57 Å². The van der Waals surface area contributed by atoms with Gasteiger partial charge in [-0.2, -0.15) is 0 Å². The average molecular weight is 218 g/mol. The minimum absolute atomic E-state index is 0.448. The number of aliphatic carboxylic acids is 1. The Kier molecular flexibility index (Phi) is 3.37. The number of carbonyl (C=O) groups is 1. The normalized spacial score (nSPS) is 15.9. The first-order valence-electron chi connectivity index (χ1n) is 5.37. The van der Waals surface area contributed by atoms with Crippen LogP contribution in [0.1, 0.15) is 18.4 Å². The lowest BCUT2D eigenvalue weighted by Crippen LogP contribution is -2.12. The van der Waals surface area contributed by atoms with Gasteiger partial charge in [0.1, 0.15) is 0 Å². The molecule has 84 valence electrons. The van der Waals surface area contributed by atoms with Crippen LogP contribution in [0, 0.1) is 0 Å². The third-order valence-electron chi connectivity index (χ3n) is 2.73. The van der Waals surface area contributed by atoms with Crippen molar-refractivity contribution in [1.29, 1.82) is 0 Å². The summed E-state index contributed by atoms with van der Waals surface area (Å²) in [5, 5.41) is 9.28. The average Bonchev–Trinajstić information content (AvgIpc) is 2.31. The van der Waals surface area contributed by atoms with Crippen molar-refractivity contribution in [1.82, 2.24) is 0 Å². The van der Waals surface area contributed by atoms with Crippen molar-refractivity contribution >= 4 is 11.5 Å². The van der Waals surface area contributed by atoms with Crippen molar-refractivity contribution in [3.8, 4) is 0 Å². The van der Waals surface area contributed by atoms with Gasteiger partial charge in [0, 0.05) is 0 Å². The Morgan fingerprint density at radius 1 is 1.12 bits per heavy atom. The Balaban J connectivity index is 2.41. The maximum atomic E-state index is 11.3. The fraction of sp³-hybridized carbons (Fsp3) is 0.308. The van der Waals surface area contributed by atoms with Gasteiger partial charge in [0.2, 0.25) is 0 Å². The molecule has 0 unspecified atom stereocenters. The number of hydrogen-bond acceptors (Lipinski definition) is 2. The molecule has 0 atom stereocenters. The molecule has 1 fully saturated rings. The van der Waals surface area contributed by atoms with E-state index in [-0.39, 0.29) is 0 Å². The Bertz CT molecular complexity index is 398. The van der Waals surface area contributed by atoms with E-state index in [0.717, 1.165) is 24.0 Å². The molecule has 1 aromatic rings. The zero-order valence-electron chi connectivity index (χ0n) is 8.98. The van der Waals surface area contributed by atoms with Crippen LogP contribution in [-0.4, -0.2) is 24.3 Å². The molecular formula is C13H14O3. The van der Waals surface area contributed by atoms with Gasteiger partial charge in [-0.15, -0.1) is 0 Å². The van der Waals surface area contributed by atoms with Gasteiger partial charge in [-0.1, -0.05) is 35.9 Å². The van der Waals surface area contributed by atoms with Crippen LogP contribution < -0.4 is 0 Å². The van der Waals surface area contributed by atoms with E-state index in [1.54, 1.807) is 0 Å². The highest BCUT2D eigenvalue weighted by Gasteiger charge is 2.18. The number of carboxylic acid groups (broad SMARTS) is 1. The molecule has 1 saturated heterocycles. The number of hydrogen-bond donors (Lipinski definition) is 1. The van der Waals surface area contributed by atoms with Crippen molar-refractivity contribution in [3.05, 3.63) is 41.5 Å². The molecular weight excluding hydrogens is 204 g/mol. The first kappa shape index (κ1) is 10.9. The summed E-state index contributed by atoms with van der Waals surface area (Å²) in [6.07, 6.45) is 1.44. The van der Waals surface area contributed by atoms with Gasteiger partial charge in [-0.25, -0.2) is 4.79 Å². The Hall–Kier alpha value is -1.61. The lowest BCUT2D eigenvalue weighted by atomic mass is 9.95. The molecule has 3 heteroatoms. The number of carboxylic acids is 1. The first-order valence-corrected chi connectivity index (χ1v) is 5.37. The van der Waals surface area contributed by atoms with Crippen molar-refractivity contribution in [3.63, 3.8) is 0 Å². The zero-order valence-corrected chi connectivity index (χ0v) is 8.98. The van der Waals surface area contributed by atoms with Crippen LogP contribution in [0.5, 0.6) is 0 Å². The molecule has 1 N–H and O–H groups in total. The highest BCUT2D eigenvalue weighted by atomic mass is 16.5. The second-order valence-electron chi connectivity index (χ2n) is 3.76. The van der Waals surface area contributed by atoms with Gasteiger partial charge >= 0.3 is 5.97 Å². The van der Waals surface area contributed by atoms with Gasteiger partial charge in [0.05, 0.1) is 18.8 Å². The summed E-state index contributed by atoms with van der Waals surface area (Å²) in [6, 6.07) is 9.28. The number of benzene rings is 1. The lowest BCUT2D eigenvalue weighted by molar-refractivity contribution is -0.130. The highest BCUT2D eigenvalue weighted by molar-refractivity contribution is 6.16. The van der Waals surface area contributed by atoms with Crippen molar-refractivity contribution in [2.45, 2.75) is 12.8 Å². The molecule has 2 rings (SSSR count). The SMILES string of the molecule is O=C(O)C(=C1CCOCC1)c1ccccc1. The second-order valence-corrected chi connectivity index (χ2v) is 3.76. The molecule has 0 aliphatic carbocycles. The molecule has 0 aromatic heterocycles. The molecule has 1 aromatic carbocycles. The number of rotatable bonds is 2. The third-order valence-corrected chi connectivity index (χ3v) is 2.73. The van der Waals surface area contributed by atoms with Crippen molar-refractivity contribution in [2.24, 2.45) is 0 Å². The summed E-state index contributed by atoms with van der Waals surface area (Å²) in [5.74, 6) is -0.844. The van der Waals surface area contributed by atoms with E-state index in [9.17, 15) is 9.90 Å². The van der Waals surface area contributed by atoms with E-state index in [1.165, 1.54) is 0 Å². The molecule has 3 nitrogen and oxygen atoms in total. The second kappa shape index (κ2) is 4.94. The van der Waals surface area contributed by atoms with E-state index >= 15 is 0 Å². The van der Waals surface area contributed by atoms with Crippen LogP contribution in [-0.2, 0) is 9.53 Å². The smallest absolute Gasteiger partial charge is 0.336 e. The summed E-state index contributed by atoms with van der Waals surface area (Å²) in [4.78, 5) is 11.3. The lowest BCUT2D eigenvalue weighted by Gasteiger charge is -2.17. The van der Waals surface area contributed by atoms with Crippen LogP contribution >= 0.6 is 0 Å². The highest BCUT2D eigenvalue weighted by Crippen LogP contribution is 2.25. The van der Waals surface area contributed by atoms with Gasteiger partial charge in [0.25, 0.3) is 0 Å². The minimum Gasteiger partial charge on any atom is -0.478 e. The quantitative estimate of drug-likeness (QED) is 0.775. The van der Waals surface area contributed by atoms with E-state index in [0.29, 0.717) is 18.8 Å². The summed E-state index contributed by atoms with van der Waals surface area (Å²) in [6.45, 7) is 1.25. The summed E-state index contributed by atoms with van der Waals surface area (Å²) in [7, 11) is 0. The Morgan fingerprint density at radius 2 is 1.75 bits per heavy atom. The van der Waals surface area contributed by atoms with Gasteiger partial charge < -0.3 is 9.84 Å². The molecule has 1 aliphatic rings. The molecule has 0 bridgehead atoms. The summed E-state index contributed by atoms with van der Waals surface area (Å²) >= 11 is 0. The number of ether oxygens (including phenoxy) is 1. The van der Waals surface area contributed by atoms with Crippen LogP contribution in [0.3, 0.4) is 0 Å². The fourth-order valence-electron chi connectivity index (χ4n) is 1.95. The van der Waals surface area contributed by atoms with E-state index in [4.69, 9.17) is 4.74 Å². The van der Waals surface area contributed by atoms with Crippen molar-refractivity contribution < 1.29 is 14.6 Å². The van der Waals surface area contributed by atoms with Gasteiger partial charge in [-0.05, 0) is 18.4 Å². The molecule has 0 spiro atoms. The molecule has 0 radical (unpaired) electrons. The predicted octanol–water partition coefficient (Wildman–Crippen LogP) is 2.34. The molecule has 1 heterocycles. The maximum Gasteiger partial charge on any atom is 0.336 e. The van der Waals surface area contributed by atoms with Crippen LogP contribution in [0.2, 0.25) is 0 Å². The molecule has 16 heavy (non-hydrogen) atoms. The topological polar surface area (TPSA) is 46.5 Å². The Morgan fingerprint density at radius 3 is 2.31 bits per heavy atom. The van der Waals surface area contributed by atoms with Gasteiger partial charge in [-0.3, -0.25) is 0 Å². The maximum absolute atomic E-state index is 11.3. The van der Waals surface area contributed by atoms with Crippen LogP contribution in [0.4, 0.5) is 0 Å². The fourth-order valence-corrected chi connectivity index (χ4v) is 1.95. The first-order chi connectivity index (χ1) is 7.79. The van der Waals surface area contributed by atoms with E-state index in [2.05, 4.69) is 0 Å². The summed E-state index contributed by atoms with van der Waals surface area (Å²) in [5.41, 5.74) is 2.22. The molecule has 0 amide bonds. The Labute approximate surface area is 94.4 Å². The minimum atomic E-state index is -0.844. The zero-order chi connectivity index (χ0) is 11.4. The summed E-state index contributed by atoms with van der Waals surface area (Å²) < 4.78 is 5.24. The van der Waals surface area contributed by atoms with Crippen molar-refractivity contribution in [2.75, 3.05) is 13.2 Å². The van der Waals surface area contributed by atoms with Gasteiger partial charge in [0.15, 0.2) is 0 Å².